The van der Waals surface area contributed by atoms with Crippen LogP contribution in [0.2, 0.25) is 0 Å². The lowest BCUT2D eigenvalue weighted by Crippen LogP contribution is -2.46. The van der Waals surface area contributed by atoms with Crippen LogP contribution in [0.15, 0.2) is 24.3 Å². The van der Waals surface area contributed by atoms with Crippen LogP contribution in [-0.2, 0) is 20.0 Å². The SMILES string of the molecule is COC(=O)C1(F)c2ccccc2N(C(C)=O)C1F. The van der Waals surface area contributed by atoms with Crippen LogP contribution in [-0.4, -0.2) is 25.3 Å². The number of methoxy groups -OCH3 is 1. The van der Waals surface area contributed by atoms with E-state index in [1.54, 1.807) is 0 Å². The highest BCUT2D eigenvalue weighted by molar-refractivity contribution is 5.99. The molecule has 2 rings (SSSR count). The van der Waals surface area contributed by atoms with Gasteiger partial charge in [0, 0.05) is 12.5 Å². The van der Waals surface area contributed by atoms with Gasteiger partial charge in [0.1, 0.15) is 0 Å². The van der Waals surface area contributed by atoms with E-state index in [0.717, 1.165) is 14.0 Å². The van der Waals surface area contributed by atoms with Crippen molar-refractivity contribution in [3.63, 3.8) is 0 Å². The molecule has 2 unspecified atom stereocenters. The molecule has 0 spiro atoms. The minimum atomic E-state index is -2.98. The highest BCUT2D eigenvalue weighted by Gasteiger charge is 2.60. The normalized spacial score (nSPS) is 25.8. The molecule has 4 nitrogen and oxygen atoms in total. The van der Waals surface area contributed by atoms with Crippen molar-refractivity contribution in [1.82, 2.24) is 0 Å². The standard InChI is InChI=1S/C12H11F2NO3/c1-7(16)15-9-6-4-3-5-8(9)12(14,10(15)13)11(17)18-2/h3-6,10H,1-2H3. The maximum absolute atomic E-state index is 14.7. The predicted octanol–water partition coefficient (Wildman–Crippen LogP) is 1.69. The summed E-state index contributed by atoms with van der Waals surface area (Å²) in [5.74, 6) is -2.04. The number of benzene rings is 1. The van der Waals surface area contributed by atoms with E-state index in [4.69, 9.17) is 0 Å². The minimum absolute atomic E-state index is 0.0467. The van der Waals surface area contributed by atoms with Crippen LogP contribution in [0.3, 0.4) is 0 Å². The van der Waals surface area contributed by atoms with Gasteiger partial charge in [0.2, 0.25) is 12.2 Å². The van der Waals surface area contributed by atoms with Gasteiger partial charge in [0.25, 0.3) is 5.67 Å². The second-order valence-electron chi connectivity index (χ2n) is 3.95. The summed E-state index contributed by atoms with van der Waals surface area (Å²) in [4.78, 5) is 23.5. The number of hydrogen-bond donors (Lipinski definition) is 0. The van der Waals surface area contributed by atoms with Gasteiger partial charge in [-0.2, -0.15) is 0 Å². The van der Waals surface area contributed by atoms with E-state index in [0.29, 0.717) is 4.90 Å². The van der Waals surface area contributed by atoms with E-state index >= 15 is 0 Å². The quantitative estimate of drug-likeness (QED) is 0.566. The molecule has 18 heavy (non-hydrogen) atoms. The van der Waals surface area contributed by atoms with Gasteiger partial charge < -0.3 is 4.74 Å². The van der Waals surface area contributed by atoms with Gasteiger partial charge in [-0.25, -0.2) is 13.6 Å². The Morgan fingerprint density at radius 3 is 2.56 bits per heavy atom. The van der Waals surface area contributed by atoms with Crippen molar-refractivity contribution in [2.24, 2.45) is 0 Å². The second kappa shape index (κ2) is 4.04. The molecule has 1 amide bonds. The van der Waals surface area contributed by atoms with Crippen LogP contribution >= 0.6 is 0 Å². The summed E-state index contributed by atoms with van der Waals surface area (Å²) >= 11 is 0. The lowest BCUT2D eigenvalue weighted by molar-refractivity contribution is -0.160. The summed E-state index contributed by atoms with van der Waals surface area (Å²) in [6, 6.07) is 5.65. The van der Waals surface area contributed by atoms with Crippen LogP contribution in [0.4, 0.5) is 14.5 Å². The van der Waals surface area contributed by atoms with E-state index in [9.17, 15) is 18.4 Å². The van der Waals surface area contributed by atoms with Crippen molar-refractivity contribution in [3.8, 4) is 0 Å². The molecule has 96 valence electrons. The van der Waals surface area contributed by atoms with E-state index in [2.05, 4.69) is 4.74 Å². The maximum atomic E-state index is 14.7. The lowest BCUT2D eigenvalue weighted by atomic mass is 9.97. The first kappa shape index (κ1) is 12.5. The molecule has 1 heterocycles. The molecule has 1 aromatic rings. The van der Waals surface area contributed by atoms with E-state index < -0.39 is 23.8 Å². The Balaban J connectivity index is 2.65. The van der Waals surface area contributed by atoms with Gasteiger partial charge in [0.15, 0.2) is 0 Å². The number of halogens is 2. The first-order valence-corrected chi connectivity index (χ1v) is 5.25. The number of hydrogen-bond acceptors (Lipinski definition) is 3. The van der Waals surface area contributed by atoms with Crippen molar-refractivity contribution in [3.05, 3.63) is 29.8 Å². The molecule has 0 N–H and O–H groups in total. The zero-order chi connectivity index (χ0) is 13.5. The van der Waals surface area contributed by atoms with Gasteiger partial charge in [-0.1, -0.05) is 18.2 Å². The van der Waals surface area contributed by atoms with Crippen molar-refractivity contribution in [2.45, 2.75) is 18.9 Å². The van der Waals surface area contributed by atoms with Gasteiger partial charge in [0.05, 0.1) is 12.8 Å². The van der Waals surface area contributed by atoms with E-state index in [-0.39, 0.29) is 11.3 Å². The number of alkyl halides is 2. The maximum Gasteiger partial charge on any atom is 0.353 e. The predicted molar refractivity (Wildman–Crippen MR) is 59.3 cm³/mol. The average Bonchev–Trinajstić information content (AvgIpc) is 2.59. The number of nitrogens with zero attached hydrogens (tertiary/aromatic N) is 1. The number of rotatable bonds is 1. The fourth-order valence-corrected chi connectivity index (χ4v) is 2.10. The third-order valence-corrected chi connectivity index (χ3v) is 2.93. The zero-order valence-electron chi connectivity index (χ0n) is 9.81. The summed E-state index contributed by atoms with van der Waals surface area (Å²) in [5, 5.41) is 0. The molecule has 0 saturated heterocycles. The number of fused-ring (bicyclic) bond motifs is 1. The molecular weight excluding hydrogens is 244 g/mol. The molecule has 6 heteroatoms. The summed E-state index contributed by atoms with van der Waals surface area (Å²) < 4.78 is 33.1. The van der Waals surface area contributed by atoms with E-state index in [1.807, 2.05) is 0 Å². The highest BCUT2D eigenvalue weighted by atomic mass is 19.2. The molecule has 2 atom stereocenters. The molecule has 0 radical (unpaired) electrons. The third kappa shape index (κ3) is 1.41. The summed E-state index contributed by atoms with van der Waals surface area (Å²) in [7, 11) is 0.968. The van der Waals surface area contributed by atoms with Crippen LogP contribution < -0.4 is 4.90 Å². The van der Waals surface area contributed by atoms with Crippen LogP contribution in [0.1, 0.15) is 12.5 Å². The fraction of sp³-hybridized carbons (Fsp3) is 0.333. The summed E-state index contributed by atoms with van der Waals surface area (Å²) in [5.41, 5.74) is -3.12. The Bertz CT molecular complexity index is 520. The highest BCUT2D eigenvalue weighted by Crippen LogP contribution is 2.47. The molecule has 0 bridgehead atoms. The smallest absolute Gasteiger partial charge is 0.353 e. The van der Waals surface area contributed by atoms with Gasteiger partial charge in [-0.15, -0.1) is 0 Å². The average molecular weight is 255 g/mol. The number of esters is 1. The van der Waals surface area contributed by atoms with Gasteiger partial charge in [-0.3, -0.25) is 9.69 Å². The summed E-state index contributed by atoms with van der Waals surface area (Å²) in [6.45, 7) is 1.10. The van der Waals surface area contributed by atoms with Crippen molar-refractivity contribution >= 4 is 17.6 Å². The zero-order valence-corrected chi connectivity index (χ0v) is 9.81. The van der Waals surface area contributed by atoms with Crippen LogP contribution in [0.25, 0.3) is 0 Å². The Hall–Kier alpha value is -1.98. The number of anilines is 1. The fourth-order valence-electron chi connectivity index (χ4n) is 2.10. The Morgan fingerprint density at radius 1 is 1.39 bits per heavy atom. The number of amides is 1. The molecule has 0 fully saturated rings. The van der Waals surface area contributed by atoms with Crippen LogP contribution in [0, 0.1) is 0 Å². The molecule has 1 aliphatic heterocycles. The molecule has 1 aliphatic rings. The largest absolute Gasteiger partial charge is 0.466 e. The number of carbonyl (C=O) groups is 2. The van der Waals surface area contributed by atoms with E-state index in [1.165, 1.54) is 24.3 Å². The number of ether oxygens (including phenoxy) is 1. The minimum Gasteiger partial charge on any atom is -0.466 e. The number of para-hydroxylation sites is 1. The molecule has 0 aromatic heterocycles. The van der Waals surface area contributed by atoms with Crippen molar-refractivity contribution in [1.29, 1.82) is 0 Å². The van der Waals surface area contributed by atoms with Gasteiger partial charge >= 0.3 is 5.97 Å². The Labute approximate surface area is 102 Å². The molecule has 0 saturated carbocycles. The van der Waals surface area contributed by atoms with Crippen molar-refractivity contribution < 1.29 is 23.1 Å². The summed E-state index contributed by atoms with van der Waals surface area (Å²) in [6.07, 6.45) is -2.42. The Kier molecular flexibility index (Phi) is 2.80. The number of carbonyl (C=O) groups excluding carboxylic acids is 2. The topological polar surface area (TPSA) is 46.6 Å². The molecule has 1 aromatic carbocycles. The first-order chi connectivity index (χ1) is 8.44. The van der Waals surface area contributed by atoms with Crippen LogP contribution in [0.5, 0.6) is 0 Å². The second-order valence-corrected chi connectivity index (χ2v) is 3.95. The van der Waals surface area contributed by atoms with Gasteiger partial charge in [-0.05, 0) is 6.07 Å². The Morgan fingerprint density at radius 2 is 2.00 bits per heavy atom. The molecule has 0 aliphatic carbocycles. The first-order valence-electron chi connectivity index (χ1n) is 5.25. The monoisotopic (exact) mass is 255 g/mol. The lowest BCUT2D eigenvalue weighted by Gasteiger charge is -2.23. The van der Waals surface area contributed by atoms with Crippen molar-refractivity contribution in [2.75, 3.05) is 12.0 Å². The third-order valence-electron chi connectivity index (χ3n) is 2.93. The molecular formula is C12H11F2NO3.